The average Bonchev–Trinajstić information content (AvgIpc) is 3.35. The van der Waals surface area contributed by atoms with E-state index in [1.54, 1.807) is 0 Å². The van der Waals surface area contributed by atoms with Gasteiger partial charge in [-0.05, 0) is 68.1 Å². The minimum absolute atomic E-state index is 0.109. The number of hydrogen-bond acceptors (Lipinski definition) is 4. The SMILES string of the molecule is O=C(NCc1cccc(CN2CCCCC2)c1)c1cc(S(=O)(=O)N2CCCC2)ccc1Cl. The lowest BCUT2D eigenvalue weighted by Crippen LogP contribution is -2.29. The maximum Gasteiger partial charge on any atom is 0.253 e. The van der Waals surface area contributed by atoms with Crippen molar-refractivity contribution in [3.63, 3.8) is 0 Å². The first-order chi connectivity index (χ1) is 15.4. The highest BCUT2D eigenvalue weighted by atomic mass is 35.5. The Kier molecular flexibility index (Phi) is 7.51. The van der Waals surface area contributed by atoms with Crippen LogP contribution in [0.3, 0.4) is 0 Å². The molecule has 0 unspecified atom stereocenters. The smallest absolute Gasteiger partial charge is 0.253 e. The van der Waals surface area contributed by atoms with E-state index < -0.39 is 10.0 Å². The topological polar surface area (TPSA) is 69.7 Å². The highest BCUT2D eigenvalue weighted by molar-refractivity contribution is 7.89. The fraction of sp³-hybridized carbons (Fsp3) is 0.458. The molecule has 0 aliphatic carbocycles. The van der Waals surface area contributed by atoms with Crippen molar-refractivity contribution in [1.29, 1.82) is 0 Å². The Bertz CT molecular complexity index is 1060. The minimum atomic E-state index is -3.61. The number of sulfonamides is 1. The predicted octanol–water partition coefficient (Wildman–Crippen LogP) is 4.04. The van der Waals surface area contributed by atoms with Crippen molar-refractivity contribution in [2.75, 3.05) is 26.2 Å². The molecule has 0 radical (unpaired) electrons. The number of piperidine rings is 1. The number of rotatable bonds is 7. The molecule has 2 heterocycles. The van der Waals surface area contributed by atoms with E-state index >= 15 is 0 Å². The summed E-state index contributed by atoms with van der Waals surface area (Å²) in [7, 11) is -3.61. The number of amides is 1. The number of nitrogens with one attached hydrogen (secondary N) is 1. The third-order valence-corrected chi connectivity index (χ3v) is 8.41. The van der Waals surface area contributed by atoms with Gasteiger partial charge in [-0.1, -0.05) is 42.3 Å². The molecule has 1 amide bonds. The van der Waals surface area contributed by atoms with Crippen LogP contribution in [0.4, 0.5) is 0 Å². The highest BCUT2D eigenvalue weighted by Gasteiger charge is 2.28. The largest absolute Gasteiger partial charge is 0.348 e. The molecule has 2 fully saturated rings. The van der Waals surface area contributed by atoms with Crippen molar-refractivity contribution in [2.24, 2.45) is 0 Å². The molecule has 2 aromatic carbocycles. The van der Waals surface area contributed by atoms with E-state index in [1.165, 1.54) is 47.3 Å². The van der Waals surface area contributed by atoms with Crippen LogP contribution in [-0.4, -0.2) is 49.7 Å². The van der Waals surface area contributed by atoms with Crippen LogP contribution < -0.4 is 5.32 Å². The van der Waals surface area contributed by atoms with Crippen LogP contribution >= 0.6 is 11.6 Å². The van der Waals surface area contributed by atoms with Crippen molar-refractivity contribution in [3.05, 3.63) is 64.2 Å². The second-order valence-corrected chi connectivity index (χ2v) is 10.9. The Morgan fingerprint density at radius 1 is 0.906 bits per heavy atom. The van der Waals surface area contributed by atoms with Gasteiger partial charge in [0.25, 0.3) is 5.91 Å². The second-order valence-electron chi connectivity index (χ2n) is 8.59. The van der Waals surface area contributed by atoms with Crippen molar-refractivity contribution in [1.82, 2.24) is 14.5 Å². The molecule has 0 saturated carbocycles. The standard InChI is InChI=1S/C24H30ClN3O3S/c25-23-10-9-21(32(30,31)28-13-4-5-14-28)16-22(23)24(29)26-17-19-7-6-8-20(15-19)18-27-11-2-1-3-12-27/h6-10,15-16H,1-5,11-14,17-18H2,(H,26,29). The fourth-order valence-corrected chi connectivity index (χ4v) is 6.15. The van der Waals surface area contributed by atoms with Crippen LogP contribution in [0.5, 0.6) is 0 Å². The van der Waals surface area contributed by atoms with E-state index in [0.29, 0.717) is 19.6 Å². The summed E-state index contributed by atoms with van der Waals surface area (Å²) in [5, 5.41) is 3.13. The van der Waals surface area contributed by atoms with Crippen molar-refractivity contribution >= 4 is 27.5 Å². The molecule has 2 aliphatic rings. The first kappa shape index (κ1) is 23.2. The van der Waals surface area contributed by atoms with E-state index in [0.717, 1.165) is 38.0 Å². The number of nitrogens with zero attached hydrogens (tertiary/aromatic N) is 2. The number of carbonyl (C=O) groups is 1. The second kappa shape index (κ2) is 10.3. The molecule has 0 spiro atoms. The quantitative estimate of drug-likeness (QED) is 0.656. The van der Waals surface area contributed by atoms with Gasteiger partial charge in [-0.2, -0.15) is 4.31 Å². The molecule has 8 heteroatoms. The molecule has 0 bridgehead atoms. The minimum Gasteiger partial charge on any atom is -0.348 e. The summed E-state index contributed by atoms with van der Waals surface area (Å²) in [6.07, 6.45) is 5.53. The van der Waals surface area contributed by atoms with Gasteiger partial charge in [0.05, 0.1) is 15.5 Å². The molecule has 4 rings (SSSR count). The zero-order valence-corrected chi connectivity index (χ0v) is 19.8. The summed E-state index contributed by atoms with van der Waals surface area (Å²) in [6, 6.07) is 12.6. The zero-order chi connectivity index (χ0) is 22.6. The van der Waals surface area contributed by atoms with E-state index in [-0.39, 0.29) is 21.4 Å². The molecular formula is C24H30ClN3O3S. The maximum atomic E-state index is 12.8. The van der Waals surface area contributed by atoms with Crippen LogP contribution in [0.2, 0.25) is 5.02 Å². The monoisotopic (exact) mass is 475 g/mol. The van der Waals surface area contributed by atoms with Crippen molar-refractivity contribution < 1.29 is 13.2 Å². The van der Waals surface area contributed by atoms with Crippen LogP contribution in [-0.2, 0) is 23.1 Å². The van der Waals surface area contributed by atoms with Gasteiger partial charge < -0.3 is 5.32 Å². The van der Waals surface area contributed by atoms with Gasteiger partial charge in [-0.3, -0.25) is 9.69 Å². The Hall–Kier alpha value is -1.93. The molecule has 172 valence electrons. The molecule has 2 aromatic rings. The van der Waals surface area contributed by atoms with E-state index in [4.69, 9.17) is 11.6 Å². The third kappa shape index (κ3) is 5.52. The van der Waals surface area contributed by atoms with Crippen LogP contribution in [0.1, 0.15) is 53.6 Å². The van der Waals surface area contributed by atoms with Crippen LogP contribution in [0, 0.1) is 0 Å². The molecule has 2 aliphatic heterocycles. The first-order valence-electron chi connectivity index (χ1n) is 11.3. The predicted molar refractivity (Wildman–Crippen MR) is 126 cm³/mol. The lowest BCUT2D eigenvalue weighted by atomic mass is 10.1. The lowest BCUT2D eigenvalue weighted by Gasteiger charge is -2.26. The first-order valence-corrected chi connectivity index (χ1v) is 13.1. The number of hydrogen-bond donors (Lipinski definition) is 1. The van der Waals surface area contributed by atoms with Gasteiger partial charge in [0.15, 0.2) is 0 Å². The Labute approximate surface area is 195 Å². The van der Waals surface area contributed by atoms with Gasteiger partial charge in [-0.15, -0.1) is 0 Å². The fourth-order valence-electron chi connectivity index (χ4n) is 4.41. The van der Waals surface area contributed by atoms with Gasteiger partial charge in [0, 0.05) is 26.2 Å². The third-order valence-electron chi connectivity index (χ3n) is 6.18. The normalized spacial score (nSPS) is 18.0. The molecular weight excluding hydrogens is 446 g/mol. The van der Waals surface area contributed by atoms with E-state index in [1.807, 2.05) is 12.1 Å². The Balaban J connectivity index is 1.42. The average molecular weight is 476 g/mol. The number of carbonyl (C=O) groups excluding carboxylic acids is 1. The molecule has 0 atom stereocenters. The van der Waals surface area contributed by atoms with Crippen LogP contribution in [0.25, 0.3) is 0 Å². The highest BCUT2D eigenvalue weighted by Crippen LogP contribution is 2.25. The summed E-state index contributed by atoms with van der Waals surface area (Å²) in [5.74, 6) is -0.380. The molecule has 1 N–H and O–H groups in total. The molecule has 0 aromatic heterocycles. The number of likely N-dealkylation sites (tertiary alicyclic amines) is 1. The Morgan fingerprint density at radius 2 is 1.59 bits per heavy atom. The van der Waals surface area contributed by atoms with Gasteiger partial charge in [0.2, 0.25) is 10.0 Å². The van der Waals surface area contributed by atoms with E-state index in [2.05, 4.69) is 22.3 Å². The number of benzene rings is 2. The van der Waals surface area contributed by atoms with Crippen molar-refractivity contribution in [2.45, 2.75) is 50.1 Å². The summed E-state index contributed by atoms with van der Waals surface area (Å²) >= 11 is 6.24. The van der Waals surface area contributed by atoms with E-state index in [9.17, 15) is 13.2 Å². The molecule has 2 saturated heterocycles. The molecule has 6 nitrogen and oxygen atoms in total. The van der Waals surface area contributed by atoms with Crippen LogP contribution in [0.15, 0.2) is 47.4 Å². The lowest BCUT2D eigenvalue weighted by molar-refractivity contribution is 0.0951. The molecule has 32 heavy (non-hydrogen) atoms. The van der Waals surface area contributed by atoms with Gasteiger partial charge in [0.1, 0.15) is 0 Å². The Morgan fingerprint density at radius 3 is 2.34 bits per heavy atom. The zero-order valence-electron chi connectivity index (χ0n) is 18.2. The van der Waals surface area contributed by atoms with Crippen molar-refractivity contribution in [3.8, 4) is 0 Å². The number of halogens is 1. The summed E-state index contributed by atoms with van der Waals surface area (Å²) in [6.45, 7) is 4.57. The summed E-state index contributed by atoms with van der Waals surface area (Å²) < 4.78 is 27.2. The van der Waals surface area contributed by atoms with Gasteiger partial charge >= 0.3 is 0 Å². The summed E-state index contributed by atoms with van der Waals surface area (Å²) in [5.41, 5.74) is 2.41. The summed E-state index contributed by atoms with van der Waals surface area (Å²) in [4.78, 5) is 15.4. The maximum absolute atomic E-state index is 12.8. The van der Waals surface area contributed by atoms with Gasteiger partial charge in [-0.25, -0.2) is 8.42 Å².